The van der Waals surface area contributed by atoms with Gasteiger partial charge in [-0.05, 0) is 13.8 Å². The highest BCUT2D eigenvalue weighted by atomic mass is 16.7. The van der Waals surface area contributed by atoms with Gasteiger partial charge in [-0.2, -0.15) is 0 Å². The van der Waals surface area contributed by atoms with Crippen LogP contribution in [-0.4, -0.2) is 48.8 Å². The molecule has 0 amide bonds. The highest BCUT2D eigenvalue weighted by molar-refractivity contribution is 6.40. The smallest absolute Gasteiger partial charge is 0.356 e. The average Bonchev–Trinajstić information content (AvgIpc) is 3.09. The molecule has 1 fully saturated rings. The Morgan fingerprint density at radius 3 is 2.38 bits per heavy atom. The fourth-order valence-electron chi connectivity index (χ4n) is 2.98. The molecular weight excluding hydrogens is 280 g/mol. The fraction of sp³-hybridized carbons (Fsp3) is 0.692. The van der Waals surface area contributed by atoms with Crippen LogP contribution in [-0.2, 0) is 28.7 Å². The van der Waals surface area contributed by atoms with Crippen molar-refractivity contribution in [2.45, 2.75) is 32.5 Å². The van der Waals surface area contributed by atoms with E-state index in [9.17, 15) is 9.59 Å². The Labute approximate surface area is 121 Å². The van der Waals surface area contributed by atoms with Gasteiger partial charge < -0.3 is 19.1 Å². The van der Waals surface area contributed by atoms with Crippen LogP contribution in [0, 0.1) is 11.8 Å². The molecule has 2 heterocycles. The van der Waals surface area contributed by atoms with Crippen LogP contribution < -0.4 is 0 Å². The van der Waals surface area contributed by atoms with Crippen LogP contribution in [0.5, 0.6) is 0 Å². The monoisotopic (exact) mass is 296 g/mol. The number of fused-ring (bicyclic) bond motifs is 3. The van der Waals surface area contributed by atoms with E-state index in [-0.39, 0.29) is 42.6 Å². The lowest BCUT2D eigenvalue weighted by Gasteiger charge is -2.14. The minimum absolute atomic E-state index is 0.203. The summed E-state index contributed by atoms with van der Waals surface area (Å²) >= 11 is 0. The van der Waals surface area contributed by atoms with Gasteiger partial charge in [-0.15, -0.1) is 0 Å². The number of ether oxygens (including phenoxy) is 2. The van der Waals surface area contributed by atoms with Crippen LogP contribution in [0.2, 0.25) is 0 Å². The number of rotatable bonds is 4. The SMILES string of the molecule is CCOC(=O)C1=NO[C@@H]2C[C@H]3C(C(=O)OCC)=NO[C@H]3[C@H]12. The topological polar surface area (TPSA) is 95.8 Å². The second kappa shape index (κ2) is 5.34. The zero-order chi connectivity index (χ0) is 15.0. The van der Waals surface area contributed by atoms with Crippen molar-refractivity contribution < 1.29 is 28.7 Å². The first-order valence-corrected chi connectivity index (χ1v) is 6.99. The molecule has 3 rings (SSSR count). The lowest BCUT2D eigenvalue weighted by molar-refractivity contribution is -0.136. The third-order valence-electron chi connectivity index (χ3n) is 3.83. The van der Waals surface area contributed by atoms with Gasteiger partial charge >= 0.3 is 11.9 Å². The Morgan fingerprint density at radius 2 is 1.71 bits per heavy atom. The zero-order valence-electron chi connectivity index (χ0n) is 11.8. The van der Waals surface area contributed by atoms with Gasteiger partial charge in [0.2, 0.25) is 0 Å². The van der Waals surface area contributed by atoms with Crippen LogP contribution in [0.15, 0.2) is 10.3 Å². The van der Waals surface area contributed by atoms with Gasteiger partial charge in [0.05, 0.1) is 25.0 Å². The van der Waals surface area contributed by atoms with Gasteiger partial charge in [-0.1, -0.05) is 10.3 Å². The molecule has 0 bridgehead atoms. The van der Waals surface area contributed by atoms with Gasteiger partial charge in [0, 0.05) is 6.42 Å². The maximum absolute atomic E-state index is 11.9. The Balaban J connectivity index is 1.75. The number of oxime groups is 2. The summed E-state index contributed by atoms with van der Waals surface area (Å²) < 4.78 is 9.92. The summed E-state index contributed by atoms with van der Waals surface area (Å²) in [5, 5.41) is 7.62. The molecule has 0 unspecified atom stereocenters. The van der Waals surface area contributed by atoms with E-state index in [2.05, 4.69) is 10.3 Å². The van der Waals surface area contributed by atoms with Crippen LogP contribution in [0.4, 0.5) is 0 Å². The van der Waals surface area contributed by atoms with Crippen molar-refractivity contribution in [2.24, 2.45) is 22.1 Å². The minimum Gasteiger partial charge on any atom is -0.461 e. The van der Waals surface area contributed by atoms with Crippen molar-refractivity contribution in [2.75, 3.05) is 13.2 Å². The van der Waals surface area contributed by atoms with Crippen molar-refractivity contribution in [1.82, 2.24) is 0 Å². The van der Waals surface area contributed by atoms with E-state index < -0.39 is 18.0 Å². The summed E-state index contributed by atoms with van der Waals surface area (Å²) in [6.45, 7) is 3.98. The highest BCUT2D eigenvalue weighted by Gasteiger charge is 2.59. The third-order valence-corrected chi connectivity index (χ3v) is 3.83. The predicted octanol–water partition coefficient (Wildman–Crippen LogP) is 0.258. The van der Waals surface area contributed by atoms with Crippen molar-refractivity contribution in [3.63, 3.8) is 0 Å². The van der Waals surface area contributed by atoms with Crippen LogP contribution >= 0.6 is 0 Å². The van der Waals surface area contributed by atoms with Gasteiger partial charge in [-0.3, -0.25) is 0 Å². The Kier molecular flexibility index (Phi) is 3.52. The highest BCUT2D eigenvalue weighted by Crippen LogP contribution is 2.44. The van der Waals surface area contributed by atoms with Gasteiger partial charge in [0.15, 0.2) is 11.4 Å². The molecule has 2 aliphatic heterocycles. The third kappa shape index (κ3) is 2.14. The van der Waals surface area contributed by atoms with Crippen molar-refractivity contribution in [3.05, 3.63) is 0 Å². The van der Waals surface area contributed by atoms with E-state index in [1.165, 1.54) is 0 Å². The molecule has 1 aliphatic carbocycles. The number of carbonyl (C=O) groups is 2. The van der Waals surface area contributed by atoms with E-state index in [4.69, 9.17) is 19.1 Å². The fourth-order valence-corrected chi connectivity index (χ4v) is 2.98. The first-order valence-electron chi connectivity index (χ1n) is 6.99. The Morgan fingerprint density at radius 1 is 1.10 bits per heavy atom. The zero-order valence-corrected chi connectivity index (χ0v) is 11.8. The largest absolute Gasteiger partial charge is 0.461 e. The first-order chi connectivity index (χ1) is 10.2. The average molecular weight is 296 g/mol. The summed E-state index contributed by atoms with van der Waals surface area (Å²) in [6.07, 6.45) is -0.210. The number of hydrogen-bond donors (Lipinski definition) is 0. The minimum atomic E-state index is -0.515. The molecule has 3 aliphatic rings. The van der Waals surface area contributed by atoms with Crippen LogP contribution in [0.25, 0.3) is 0 Å². The maximum Gasteiger partial charge on any atom is 0.356 e. The Bertz CT molecular complexity index is 529. The van der Waals surface area contributed by atoms with E-state index in [0.717, 1.165) is 0 Å². The van der Waals surface area contributed by atoms with E-state index in [0.29, 0.717) is 6.42 Å². The first kappa shape index (κ1) is 13.8. The summed E-state index contributed by atoms with van der Waals surface area (Å²) in [6, 6.07) is 0. The molecule has 114 valence electrons. The molecule has 8 nitrogen and oxygen atoms in total. The summed E-state index contributed by atoms with van der Waals surface area (Å²) in [7, 11) is 0. The van der Waals surface area contributed by atoms with Crippen LogP contribution in [0.1, 0.15) is 20.3 Å². The molecule has 0 saturated heterocycles. The van der Waals surface area contributed by atoms with Gasteiger partial charge in [0.25, 0.3) is 0 Å². The quantitative estimate of drug-likeness (QED) is 0.690. The molecule has 0 N–H and O–H groups in total. The summed E-state index contributed by atoms with van der Waals surface area (Å²) in [4.78, 5) is 34.3. The maximum atomic E-state index is 11.9. The molecule has 8 heteroatoms. The molecule has 0 aromatic heterocycles. The van der Waals surface area contributed by atoms with E-state index in [1.54, 1.807) is 13.8 Å². The molecule has 0 radical (unpaired) electrons. The molecule has 0 aromatic rings. The lowest BCUT2D eigenvalue weighted by Crippen LogP contribution is -2.35. The van der Waals surface area contributed by atoms with Gasteiger partial charge in [-0.25, -0.2) is 9.59 Å². The summed E-state index contributed by atoms with van der Waals surface area (Å²) in [5.74, 6) is -1.60. The predicted molar refractivity (Wildman–Crippen MR) is 69.5 cm³/mol. The normalized spacial score (nSPS) is 32.3. The standard InChI is InChI=1S/C13H16N2O6/c1-3-18-12(16)9-6-5-7-8(11(6)21-14-9)10(15-20-7)13(17)19-4-2/h6-8,11H,3-5H2,1-2H3/t6-,7+,8-,11+/m0/s1. The second-order valence-electron chi connectivity index (χ2n) is 4.98. The van der Waals surface area contributed by atoms with E-state index >= 15 is 0 Å². The molecular formula is C13H16N2O6. The molecule has 0 aromatic carbocycles. The van der Waals surface area contributed by atoms with Crippen molar-refractivity contribution in [1.29, 1.82) is 0 Å². The molecule has 1 saturated carbocycles. The number of hydrogen-bond acceptors (Lipinski definition) is 8. The lowest BCUT2D eigenvalue weighted by atomic mass is 9.94. The van der Waals surface area contributed by atoms with Crippen molar-refractivity contribution in [3.8, 4) is 0 Å². The molecule has 21 heavy (non-hydrogen) atoms. The summed E-state index contributed by atoms with van der Waals surface area (Å²) in [5.41, 5.74) is 0.456. The second-order valence-corrected chi connectivity index (χ2v) is 4.98. The number of carbonyl (C=O) groups excluding carboxylic acids is 2. The Hall–Kier alpha value is -2.12. The number of nitrogens with zero attached hydrogens (tertiary/aromatic N) is 2. The molecule has 0 spiro atoms. The van der Waals surface area contributed by atoms with Crippen LogP contribution in [0.3, 0.4) is 0 Å². The van der Waals surface area contributed by atoms with Gasteiger partial charge in [0.1, 0.15) is 12.2 Å². The number of esters is 2. The van der Waals surface area contributed by atoms with E-state index in [1.807, 2.05) is 0 Å². The van der Waals surface area contributed by atoms with Crippen molar-refractivity contribution >= 4 is 23.4 Å². The molecule has 4 atom stereocenters.